The van der Waals surface area contributed by atoms with Gasteiger partial charge in [-0.1, -0.05) is 0 Å². The molecule has 2 heterocycles. The van der Waals surface area contributed by atoms with Gasteiger partial charge in [0.2, 0.25) is 0 Å². The van der Waals surface area contributed by atoms with Crippen molar-refractivity contribution in [2.45, 2.75) is 24.9 Å². The Labute approximate surface area is 73.9 Å². The van der Waals surface area contributed by atoms with Crippen molar-refractivity contribution in [3.05, 3.63) is 6.33 Å². The first-order chi connectivity index (χ1) is 6.31. The predicted octanol–water partition coefficient (Wildman–Crippen LogP) is -1.69. The number of aromatic nitrogens is 4. The van der Waals surface area contributed by atoms with Gasteiger partial charge in [-0.05, 0) is 10.4 Å². The molecule has 7 heteroatoms. The van der Waals surface area contributed by atoms with Gasteiger partial charge < -0.3 is 14.9 Å². The molecule has 2 N–H and O–H groups in total. The van der Waals surface area contributed by atoms with Gasteiger partial charge in [0, 0.05) is 6.42 Å². The van der Waals surface area contributed by atoms with Crippen LogP contribution in [-0.2, 0) is 4.74 Å². The molecule has 1 fully saturated rings. The zero-order valence-corrected chi connectivity index (χ0v) is 6.82. The van der Waals surface area contributed by atoms with Gasteiger partial charge in [-0.15, -0.1) is 5.10 Å². The van der Waals surface area contributed by atoms with E-state index in [0.717, 1.165) is 0 Å². The van der Waals surface area contributed by atoms with E-state index < -0.39 is 12.2 Å². The molecule has 1 aliphatic rings. The summed E-state index contributed by atoms with van der Waals surface area (Å²) in [4.78, 5) is 0. The van der Waals surface area contributed by atoms with E-state index in [-0.39, 0.29) is 12.8 Å². The molecule has 0 bridgehead atoms. The molecule has 0 amide bonds. The molecular weight excluding hydrogens is 176 g/mol. The third-order valence-corrected chi connectivity index (χ3v) is 2.04. The number of tetrazole rings is 1. The zero-order chi connectivity index (χ0) is 9.26. The second kappa shape index (κ2) is 3.36. The normalized spacial score (nSPS) is 33.8. The second-order valence-corrected chi connectivity index (χ2v) is 2.90. The average molecular weight is 186 g/mol. The van der Waals surface area contributed by atoms with Crippen LogP contribution in [0.5, 0.6) is 0 Å². The second-order valence-electron chi connectivity index (χ2n) is 2.90. The van der Waals surface area contributed by atoms with Crippen LogP contribution >= 0.6 is 0 Å². The Balaban J connectivity index is 2.05. The molecule has 0 aromatic carbocycles. The minimum atomic E-state index is -0.654. The van der Waals surface area contributed by atoms with E-state index in [4.69, 9.17) is 9.84 Å². The fourth-order valence-corrected chi connectivity index (χ4v) is 1.34. The predicted molar refractivity (Wildman–Crippen MR) is 39.4 cm³/mol. The highest BCUT2D eigenvalue weighted by molar-refractivity contribution is 4.79. The molecule has 1 aromatic heterocycles. The van der Waals surface area contributed by atoms with Crippen molar-refractivity contribution in [3.63, 3.8) is 0 Å². The maximum Gasteiger partial charge on any atom is 0.156 e. The Hall–Kier alpha value is -1.05. The summed E-state index contributed by atoms with van der Waals surface area (Å²) < 4.78 is 6.70. The number of aliphatic hydroxyl groups excluding tert-OH is 2. The zero-order valence-electron chi connectivity index (χ0n) is 6.82. The van der Waals surface area contributed by atoms with Gasteiger partial charge >= 0.3 is 0 Å². The topological polar surface area (TPSA) is 93.3 Å². The van der Waals surface area contributed by atoms with E-state index in [9.17, 15) is 5.11 Å². The molecule has 0 unspecified atom stereocenters. The van der Waals surface area contributed by atoms with Gasteiger partial charge in [0.15, 0.2) is 6.23 Å². The lowest BCUT2D eigenvalue weighted by molar-refractivity contribution is -0.0490. The molecule has 1 saturated heterocycles. The molecule has 1 aliphatic heterocycles. The highest BCUT2D eigenvalue weighted by Gasteiger charge is 2.34. The fourth-order valence-electron chi connectivity index (χ4n) is 1.34. The van der Waals surface area contributed by atoms with Gasteiger partial charge in [-0.3, -0.25) is 0 Å². The lowest BCUT2D eigenvalue weighted by Gasteiger charge is -2.10. The maximum atomic E-state index is 9.39. The summed E-state index contributed by atoms with van der Waals surface area (Å²) in [6.07, 6.45) is 0.253. The Morgan fingerprint density at radius 1 is 1.62 bits per heavy atom. The van der Waals surface area contributed by atoms with Crippen LogP contribution in [0.25, 0.3) is 0 Å². The van der Waals surface area contributed by atoms with Crippen LogP contribution in [0.1, 0.15) is 12.6 Å². The van der Waals surface area contributed by atoms with Gasteiger partial charge in [0.25, 0.3) is 0 Å². The largest absolute Gasteiger partial charge is 0.394 e. The summed E-state index contributed by atoms with van der Waals surface area (Å²) in [5, 5.41) is 28.7. The summed E-state index contributed by atoms with van der Waals surface area (Å²) in [5.41, 5.74) is 0. The quantitative estimate of drug-likeness (QED) is 0.572. The van der Waals surface area contributed by atoms with Crippen molar-refractivity contribution in [3.8, 4) is 0 Å². The molecule has 7 nitrogen and oxygen atoms in total. The molecule has 0 aliphatic carbocycles. The molecule has 1 aromatic rings. The first-order valence-electron chi connectivity index (χ1n) is 3.98. The smallest absolute Gasteiger partial charge is 0.156 e. The summed E-state index contributed by atoms with van der Waals surface area (Å²) in [5.74, 6) is 0. The Kier molecular flexibility index (Phi) is 2.21. The highest BCUT2D eigenvalue weighted by atomic mass is 16.5. The number of nitrogens with zero attached hydrogens (tertiary/aromatic N) is 4. The lowest BCUT2D eigenvalue weighted by Crippen LogP contribution is -2.24. The molecule has 0 spiro atoms. The maximum absolute atomic E-state index is 9.39. The SMILES string of the molecule is OC[C@H]1O[C@H](n2cnnn2)C[C@@H]1O. The lowest BCUT2D eigenvalue weighted by atomic mass is 10.2. The number of hydrogen-bond acceptors (Lipinski definition) is 6. The van der Waals surface area contributed by atoms with Crippen molar-refractivity contribution < 1.29 is 14.9 Å². The minimum Gasteiger partial charge on any atom is -0.394 e. The summed E-state index contributed by atoms with van der Waals surface area (Å²) in [6.45, 7) is -0.195. The van der Waals surface area contributed by atoms with Gasteiger partial charge in [0.05, 0.1) is 12.7 Å². The number of rotatable bonds is 2. The third kappa shape index (κ3) is 1.53. The van der Waals surface area contributed by atoms with Crippen LogP contribution in [0.4, 0.5) is 0 Å². The van der Waals surface area contributed by atoms with Crippen molar-refractivity contribution >= 4 is 0 Å². The van der Waals surface area contributed by atoms with Crippen LogP contribution in [0.15, 0.2) is 6.33 Å². The van der Waals surface area contributed by atoms with Crippen LogP contribution in [0.3, 0.4) is 0 Å². The van der Waals surface area contributed by atoms with Crippen LogP contribution in [0, 0.1) is 0 Å². The number of aliphatic hydroxyl groups is 2. The van der Waals surface area contributed by atoms with Crippen molar-refractivity contribution in [2.75, 3.05) is 6.61 Å². The Bertz CT molecular complexity index is 265. The van der Waals surface area contributed by atoms with Crippen LogP contribution in [-0.4, -0.2) is 49.2 Å². The molecule has 2 rings (SSSR count). The molecule has 3 atom stereocenters. The summed E-state index contributed by atoms with van der Waals surface area (Å²) in [7, 11) is 0. The minimum absolute atomic E-state index is 0.195. The summed E-state index contributed by atoms with van der Waals surface area (Å²) in [6, 6.07) is 0. The number of hydrogen-bond donors (Lipinski definition) is 2. The summed E-state index contributed by atoms with van der Waals surface area (Å²) >= 11 is 0. The van der Waals surface area contributed by atoms with E-state index in [1.165, 1.54) is 11.0 Å². The van der Waals surface area contributed by atoms with E-state index in [2.05, 4.69) is 15.5 Å². The first-order valence-corrected chi connectivity index (χ1v) is 3.98. The van der Waals surface area contributed by atoms with Crippen molar-refractivity contribution in [1.29, 1.82) is 0 Å². The third-order valence-electron chi connectivity index (χ3n) is 2.04. The number of ether oxygens (including phenoxy) is 1. The van der Waals surface area contributed by atoms with Crippen molar-refractivity contribution in [2.24, 2.45) is 0 Å². The van der Waals surface area contributed by atoms with E-state index in [1.807, 2.05) is 0 Å². The average Bonchev–Trinajstić information content (AvgIpc) is 2.71. The van der Waals surface area contributed by atoms with E-state index >= 15 is 0 Å². The van der Waals surface area contributed by atoms with E-state index in [1.54, 1.807) is 0 Å². The molecular formula is C6H10N4O3. The fraction of sp³-hybridized carbons (Fsp3) is 0.833. The molecule has 72 valence electrons. The Morgan fingerprint density at radius 2 is 2.46 bits per heavy atom. The monoisotopic (exact) mass is 186 g/mol. The van der Waals surface area contributed by atoms with E-state index in [0.29, 0.717) is 6.42 Å². The molecule has 0 radical (unpaired) electrons. The first kappa shape index (κ1) is 8.54. The van der Waals surface area contributed by atoms with Crippen LogP contribution in [0.2, 0.25) is 0 Å². The molecule has 0 saturated carbocycles. The van der Waals surface area contributed by atoms with Crippen molar-refractivity contribution in [1.82, 2.24) is 20.2 Å². The van der Waals surface area contributed by atoms with Gasteiger partial charge in [-0.25, -0.2) is 4.68 Å². The Morgan fingerprint density at radius 3 is 3.00 bits per heavy atom. The highest BCUT2D eigenvalue weighted by Crippen LogP contribution is 2.26. The standard InChI is InChI=1S/C6H10N4O3/c11-2-5-4(12)1-6(13-5)10-3-7-8-9-10/h3-6,11-12H,1-2H2/t4-,5+,6-/m0/s1. The van der Waals surface area contributed by atoms with Gasteiger partial charge in [-0.2, -0.15) is 0 Å². The van der Waals surface area contributed by atoms with Gasteiger partial charge in [0.1, 0.15) is 12.4 Å². The van der Waals surface area contributed by atoms with Crippen LogP contribution < -0.4 is 0 Å². The molecule has 13 heavy (non-hydrogen) atoms.